The summed E-state index contributed by atoms with van der Waals surface area (Å²) in [7, 11) is 0. The maximum Gasteiger partial charge on any atom is 0.252 e. The van der Waals surface area contributed by atoms with Crippen molar-refractivity contribution in [2.45, 2.75) is 25.5 Å². The standard InChI is InChI=1S/C7H13NO4/c1-5-7(2,8(10)11)6(3-9)4-12-5/h5-6,9H,3-4H2,1-2H3/t5-,6-,7-/m1/s1. The zero-order valence-electron chi connectivity index (χ0n) is 7.19. The molecular weight excluding hydrogens is 162 g/mol. The van der Waals surface area contributed by atoms with Crippen molar-refractivity contribution in [3.8, 4) is 0 Å². The summed E-state index contributed by atoms with van der Waals surface area (Å²) < 4.78 is 5.13. The van der Waals surface area contributed by atoms with E-state index in [1.807, 2.05) is 0 Å². The van der Waals surface area contributed by atoms with Gasteiger partial charge in [-0.2, -0.15) is 0 Å². The molecule has 1 aliphatic rings. The molecule has 0 unspecified atom stereocenters. The Morgan fingerprint density at radius 1 is 1.83 bits per heavy atom. The third-order valence-electron chi connectivity index (χ3n) is 2.81. The molecule has 1 rings (SSSR count). The zero-order valence-corrected chi connectivity index (χ0v) is 7.19. The van der Waals surface area contributed by atoms with E-state index in [0.29, 0.717) is 0 Å². The molecule has 0 aliphatic carbocycles. The second-order valence-electron chi connectivity index (χ2n) is 3.34. The fraction of sp³-hybridized carbons (Fsp3) is 1.00. The molecule has 0 radical (unpaired) electrons. The van der Waals surface area contributed by atoms with Gasteiger partial charge in [0.25, 0.3) is 5.54 Å². The number of hydrogen-bond donors (Lipinski definition) is 1. The van der Waals surface area contributed by atoms with Crippen molar-refractivity contribution in [2.24, 2.45) is 5.92 Å². The second kappa shape index (κ2) is 2.99. The topological polar surface area (TPSA) is 72.6 Å². The van der Waals surface area contributed by atoms with Gasteiger partial charge in [0.2, 0.25) is 0 Å². The van der Waals surface area contributed by atoms with Crippen molar-refractivity contribution in [3.63, 3.8) is 0 Å². The van der Waals surface area contributed by atoms with Crippen LogP contribution in [0.15, 0.2) is 0 Å². The molecule has 0 spiro atoms. The molecule has 5 nitrogen and oxygen atoms in total. The molecule has 0 saturated carbocycles. The molecule has 0 aromatic carbocycles. The zero-order chi connectivity index (χ0) is 9.35. The Morgan fingerprint density at radius 3 is 2.75 bits per heavy atom. The molecule has 1 heterocycles. The fourth-order valence-corrected chi connectivity index (χ4v) is 1.46. The Bertz CT molecular complexity index is 196. The first-order valence-corrected chi connectivity index (χ1v) is 3.90. The molecule has 1 fully saturated rings. The molecule has 3 atom stereocenters. The second-order valence-corrected chi connectivity index (χ2v) is 3.34. The van der Waals surface area contributed by atoms with Gasteiger partial charge in [-0.3, -0.25) is 10.1 Å². The molecule has 0 aromatic heterocycles. The van der Waals surface area contributed by atoms with Gasteiger partial charge in [-0.15, -0.1) is 0 Å². The lowest BCUT2D eigenvalue weighted by Crippen LogP contribution is -2.48. The molecule has 1 N–H and O–H groups in total. The van der Waals surface area contributed by atoms with Crippen LogP contribution in [0.1, 0.15) is 13.8 Å². The molecule has 12 heavy (non-hydrogen) atoms. The molecule has 5 heteroatoms. The van der Waals surface area contributed by atoms with Gasteiger partial charge in [0.05, 0.1) is 19.1 Å². The summed E-state index contributed by atoms with van der Waals surface area (Å²) in [6, 6.07) is 0. The van der Waals surface area contributed by atoms with Crippen molar-refractivity contribution < 1.29 is 14.8 Å². The average Bonchev–Trinajstić information content (AvgIpc) is 2.30. The van der Waals surface area contributed by atoms with Crippen molar-refractivity contribution in [1.82, 2.24) is 0 Å². The SMILES string of the molecule is C[C@H]1OC[C@@H](CO)[C@]1(C)[N+](=O)[O-]. The Morgan fingerprint density at radius 2 is 2.42 bits per heavy atom. The van der Waals surface area contributed by atoms with E-state index in [9.17, 15) is 10.1 Å². The lowest BCUT2D eigenvalue weighted by atomic mass is 9.86. The van der Waals surface area contributed by atoms with E-state index < -0.39 is 11.6 Å². The summed E-state index contributed by atoms with van der Waals surface area (Å²) >= 11 is 0. The first kappa shape index (κ1) is 9.41. The minimum Gasteiger partial charge on any atom is -0.396 e. The lowest BCUT2D eigenvalue weighted by Gasteiger charge is -2.22. The van der Waals surface area contributed by atoms with Crippen molar-refractivity contribution in [1.29, 1.82) is 0 Å². The van der Waals surface area contributed by atoms with E-state index in [4.69, 9.17) is 9.84 Å². The molecule has 0 amide bonds. The van der Waals surface area contributed by atoms with Crippen LogP contribution in [0.25, 0.3) is 0 Å². The van der Waals surface area contributed by atoms with Crippen LogP contribution in [0.2, 0.25) is 0 Å². The molecule has 70 valence electrons. The van der Waals surface area contributed by atoms with Crippen LogP contribution < -0.4 is 0 Å². The van der Waals surface area contributed by atoms with Crippen LogP contribution in [0, 0.1) is 16.0 Å². The minimum atomic E-state index is -1.13. The molecule has 1 saturated heterocycles. The number of ether oxygens (including phenoxy) is 1. The van der Waals surface area contributed by atoms with E-state index >= 15 is 0 Å². The van der Waals surface area contributed by atoms with Crippen LogP contribution >= 0.6 is 0 Å². The Hall–Kier alpha value is -0.680. The molecule has 0 bridgehead atoms. The van der Waals surface area contributed by atoms with Gasteiger partial charge in [-0.1, -0.05) is 0 Å². The van der Waals surface area contributed by atoms with Gasteiger partial charge in [0.1, 0.15) is 6.10 Å². The maximum absolute atomic E-state index is 10.7. The van der Waals surface area contributed by atoms with Gasteiger partial charge in [-0.25, -0.2) is 0 Å². The maximum atomic E-state index is 10.7. The number of hydrogen-bond acceptors (Lipinski definition) is 4. The third-order valence-corrected chi connectivity index (χ3v) is 2.81. The van der Waals surface area contributed by atoms with E-state index in [1.54, 1.807) is 6.92 Å². The van der Waals surface area contributed by atoms with Crippen LogP contribution in [0.5, 0.6) is 0 Å². The van der Waals surface area contributed by atoms with Crippen LogP contribution in [-0.4, -0.2) is 34.9 Å². The number of nitro groups is 1. The highest BCUT2D eigenvalue weighted by Crippen LogP contribution is 2.33. The minimum absolute atomic E-state index is 0.193. The van der Waals surface area contributed by atoms with E-state index in [0.717, 1.165) is 0 Å². The van der Waals surface area contributed by atoms with Crippen LogP contribution in [0.3, 0.4) is 0 Å². The Balaban J connectivity index is 2.88. The largest absolute Gasteiger partial charge is 0.396 e. The summed E-state index contributed by atoms with van der Waals surface area (Å²) in [5.41, 5.74) is -1.13. The van der Waals surface area contributed by atoms with Gasteiger partial charge in [0, 0.05) is 11.8 Å². The number of rotatable bonds is 2. The summed E-state index contributed by atoms with van der Waals surface area (Å²) in [6.45, 7) is 3.26. The number of aliphatic hydroxyl groups is 1. The lowest BCUT2D eigenvalue weighted by molar-refractivity contribution is -0.578. The first-order valence-electron chi connectivity index (χ1n) is 3.90. The van der Waals surface area contributed by atoms with Gasteiger partial charge in [0.15, 0.2) is 0 Å². The fourth-order valence-electron chi connectivity index (χ4n) is 1.46. The summed E-state index contributed by atoms with van der Waals surface area (Å²) in [6.07, 6.45) is -0.426. The Kier molecular flexibility index (Phi) is 2.34. The Labute approximate surface area is 70.5 Å². The predicted octanol–water partition coefficient (Wildman–Crippen LogP) is 0.0490. The van der Waals surface area contributed by atoms with Gasteiger partial charge in [-0.05, 0) is 6.92 Å². The van der Waals surface area contributed by atoms with Crippen LogP contribution in [-0.2, 0) is 4.74 Å². The number of nitrogens with zero attached hydrogens (tertiary/aromatic N) is 1. The molecule has 1 aliphatic heterocycles. The van der Waals surface area contributed by atoms with Crippen molar-refractivity contribution in [2.75, 3.05) is 13.2 Å². The average molecular weight is 175 g/mol. The van der Waals surface area contributed by atoms with E-state index in [-0.39, 0.29) is 24.1 Å². The first-order chi connectivity index (χ1) is 5.53. The quantitative estimate of drug-likeness (QED) is 0.475. The highest BCUT2D eigenvalue weighted by Gasteiger charge is 2.55. The summed E-state index contributed by atoms with van der Waals surface area (Å²) in [4.78, 5) is 10.4. The highest BCUT2D eigenvalue weighted by atomic mass is 16.6. The smallest absolute Gasteiger partial charge is 0.252 e. The van der Waals surface area contributed by atoms with E-state index in [1.165, 1.54) is 6.92 Å². The molecule has 0 aromatic rings. The van der Waals surface area contributed by atoms with Gasteiger partial charge < -0.3 is 9.84 Å². The monoisotopic (exact) mass is 175 g/mol. The molecular formula is C7H13NO4. The number of aliphatic hydroxyl groups excluding tert-OH is 1. The summed E-state index contributed by atoms with van der Waals surface area (Å²) in [5.74, 6) is -0.387. The summed E-state index contributed by atoms with van der Waals surface area (Å²) in [5, 5.41) is 19.6. The van der Waals surface area contributed by atoms with E-state index in [2.05, 4.69) is 0 Å². The third kappa shape index (κ3) is 1.09. The highest BCUT2D eigenvalue weighted by molar-refractivity contribution is 4.93. The van der Waals surface area contributed by atoms with Gasteiger partial charge >= 0.3 is 0 Å². The van der Waals surface area contributed by atoms with Crippen LogP contribution in [0.4, 0.5) is 0 Å². The predicted molar refractivity (Wildman–Crippen MR) is 41.4 cm³/mol. The van der Waals surface area contributed by atoms with Crippen molar-refractivity contribution >= 4 is 0 Å². The van der Waals surface area contributed by atoms with Crippen molar-refractivity contribution in [3.05, 3.63) is 10.1 Å². The normalized spacial score (nSPS) is 41.6.